The second-order valence-electron chi connectivity index (χ2n) is 8.21. The largest absolute Gasteiger partial charge is 0.486 e. The van der Waals surface area contributed by atoms with Crippen LogP contribution in [-0.2, 0) is 6.61 Å². The van der Waals surface area contributed by atoms with Crippen LogP contribution >= 0.6 is 11.6 Å². The van der Waals surface area contributed by atoms with Crippen LogP contribution in [0.3, 0.4) is 0 Å². The monoisotopic (exact) mass is 491 g/mol. The molecule has 3 heterocycles. The van der Waals surface area contributed by atoms with E-state index in [-0.39, 0.29) is 23.3 Å². The van der Waals surface area contributed by atoms with Crippen molar-refractivity contribution in [3.8, 4) is 5.75 Å². The van der Waals surface area contributed by atoms with Crippen molar-refractivity contribution in [3.63, 3.8) is 0 Å². The molecule has 35 heavy (non-hydrogen) atoms. The van der Waals surface area contributed by atoms with E-state index in [0.29, 0.717) is 52.0 Å². The molecule has 10 nitrogen and oxygen atoms in total. The molecule has 0 spiro atoms. The Bertz CT molecular complexity index is 1390. The Labute approximate surface area is 205 Å². The first-order chi connectivity index (χ1) is 17.0. The molecule has 11 heteroatoms. The molecular formula is C24H22ClN7O3. The topological polar surface area (TPSA) is 132 Å². The van der Waals surface area contributed by atoms with E-state index in [9.17, 15) is 10.1 Å². The Morgan fingerprint density at radius 1 is 1.20 bits per heavy atom. The Balaban J connectivity index is 1.41. The number of hydrogen-bond acceptors (Lipinski definition) is 9. The van der Waals surface area contributed by atoms with Crippen LogP contribution < -0.4 is 20.7 Å². The highest BCUT2D eigenvalue weighted by atomic mass is 35.5. The number of benzene rings is 2. The molecule has 1 fully saturated rings. The van der Waals surface area contributed by atoms with E-state index in [4.69, 9.17) is 22.1 Å². The van der Waals surface area contributed by atoms with E-state index in [1.807, 2.05) is 23.1 Å². The van der Waals surface area contributed by atoms with Crippen molar-refractivity contribution in [2.24, 2.45) is 5.73 Å². The summed E-state index contributed by atoms with van der Waals surface area (Å²) in [6.07, 6.45) is 3.91. The second kappa shape index (κ2) is 9.69. The van der Waals surface area contributed by atoms with E-state index in [1.54, 1.807) is 30.5 Å². The van der Waals surface area contributed by atoms with Gasteiger partial charge in [-0.05, 0) is 42.8 Å². The molecule has 3 N–H and O–H groups in total. The number of ether oxygens (including phenoxy) is 1. The second-order valence-corrected chi connectivity index (χ2v) is 8.62. The predicted molar refractivity (Wildman–Crippen MR) is 134 cm³/mol. The average Bonchev–Trinajstić information content (AvgIpc) is 3.29. The molecule has 2 aromatic heterocycles. The van der Waals surface area contributed by atoms with Crippen molar-refractivity contribution < 1.29 is 9.66 Å². The predicted octanol–water partition coefficient (Wildman–Crippen LogP) is 4.45. The van der Waals surface area contributed by atoms with Gasteiger partial charge in [-0.25, -0.2) is 9.97 Å². The van der Waals surface area contributed by atoms with Gasteiger partial charge in [0.25, 0.3) is 5.69 Å². The first kappa shape index (κ1) is 22.8. The van der Waals surface area contributed by atoms with E-state index in [1.165, 1.54) is 12.4 Å². The fourth-order valence-electron chi connectivity index (χ4n) is 4.05. The van der Waals surface area contributed by atoms with Crippen LogP contribution in [0.15, 0.2) is 61.1 Å². The molecule has 0 radical (unpaired) electrons. The van der Waals surface area contributed by atoms with Crippen LogP contribution in [0.4, 0.5) is 22.9 Å². The normalized spacial score (nSPS) is 15.4. The van der Waals surface area contributed by atoms with Crippen molar-refractivity contribution >= 4 is 45.4 Å². The molecule has 0 bridgehead atoms. The van der Waals surface area contributed by atoms with Crippen LogP contribution in [-0.4, -0.2) is 39.0 Å². The zero-order valence-electron chi connectivity index (χ0n) is 18.6. The minimum absolute atomic E-state index is 0.00594. The highest BCUT2D eigenvalue weighted by Gasteiger charge is 2.27. The average molecular weight is 492 g/mol. The lowest BCUT2D eigenvalue weighted by molar-refractivity contribution is -0.384. The number of aromatic nitrogens is 3. The maximum atomic E-state index is 11.9. The van der Waals surface area contributed by atoms with Gasteiger partial charge in [-0.2, -0.15) is 0 Å². The summed E-state index contributed by atoms with van der Waals surface area (Å²) in [6.45, 7) is 1.52. The summed E-state index contributed by atoms with van der Waals surface area (Å²) < 4.78 is 5.77. The van der Waals surface area contributed by atoms with Gasteiger partial charge in [0.1, 0.15) is 30.2 Å². The number of hydrogen-bond donors (Lipinski definition) is 2. The fraction of sp³-hybridized carbons (Fsp3) is 0.208. The summed E-state index contributed by atoms with van der Waals surface area (Å²) in [7, 11) is 0. The van der Waals surface area contributed by atoms with Gasteiger partial charge in [-0.15, -0.1) is 0 Å². The number of pyridine rings is 1. The Morgan fingerprint density at radius 2 is 2.09 bits per heavy atom. The summed E-state index contributed by atoms with van der Waals surface area (Å²) in [5.41, 5.74) is 8.54. The van der Waals surface area contributed by atoms with Gasteiger partial charge in [-0.3, -0.25) is 15.1 Å². The molecule has 1 aliphatic heterocycles. The lowest BCUT2D eigenvalue weighted by Crippen LogP contribution is -2.26. The number of anilines is 3. The third-order valence-corrected chi connectivity index (χ3v) is 6.09. The zero-order valence-corrected chi connectivity index (χ0v) is 19.4. The molecule has 1 aliphatic rings. The van der Waals surface area contributed by atoms with Crippen LogP contribution in [0.25, 0.3) is 10.9 Å². The number of nitro groups is 1. The smallest absolute Gasteiger partial charge is 0.293 e. The number of halogens is 1. The minimum atomic E-state index is -0.389. The van der Waals surface area contributed by atoms with Crippen molar-refractivity contribution in [1.29, 1.82) is 0 Å². The summed E-state index contributed by atoms with van der Waals surface area (Å²) >= 11 is 6.43. The van der Waals surface area contributed by atoms with Gasteiger partial charge < -0.3 is 20.7 Å². The van der Waals surface area contributed by atoms with E-state index in [2.05, 4.69) is 20.3 Å². The minimum Gasteiger partial charge on any atom is -0.486 e. The lowest BCUT2D eigenvalue weighted by Gasteiger charge is -2.19. The highest BCUT2D eigenvalue weighted by molar-refractivity contribution is 6.32. The molecule has 0 saturated carbocycles. The number of nitrogens with zero attached hydrogens (tertiary/aromatic N) is 5. The molecule has 5 rings (SSSR count). The summed E-state index contributed by atoms with van der Waals surface area (Å²) in [5.74, 6) is 0.945. The van der Waals surface area contributed by atoms with E-state index in [0.717, 1.165) is 12.1 Å². The number of nitrogens with one attached hydrogen (secondary N) is 1. The molecule has 0 unspecified atom stereocenters. The molecular weight excluding hydrogens is 470 g/mol. The molecule has 0 amide bonds. The molecule has 1 atom stereocenters. The van der Waals surface area contributed by atoms with E-state index < -0.39 is 0 Å². The Morgan fingerprint density at radius 3 is 2.80 bits per heavy atom. The van der Waals surface area contributed by atoms with Crippen LogP contribution in [0.5, 0.6) is 5.75 Å². The third kappa shape index (κ3) is 4.93. The summed E-state index contributed by atoms with van der Waals surface area (Å²) in [6, 6.07) is 14.1. The third-order valence-electron chi connectivity index (χ3n) is 5.79. The van der Waals surface area contributed by atoms with Crippen LogP contribution in [0, 0.1) is 10.1 Å². The summed E-state index contributed by atoms with van der Waals surface area (Å²) in [5, 5.41) is 16.0. The van der Waals surface area contributed by atoms with Crippen LogP contribution in [0.1, 0.15) is 12.1 Å². The van der Waals surface area contributed by atoms with Crippen molar-refractivity contribution in [1.82, 2.24) is 15.0 Å². The fourth-order valence-corrected chi connectivity index (χ4v) is 4.29. The quantitative estimate of drug-likeness (QED) is 0.284. The molecule has 4 aromatic rings. The van der Waals surface area contributed by atoms with Gasteiger partial charge in [0.15, 0.2) is 0 Å². The molecule has 1 saturated heterocycles. The SMILES string of the molecule is N[C@H]1CCN(c2cc3ncnc(Nc4ccc(OCc5ccccn5)c(Cl)c4)c3cc2[N+](=O)[O-])C1. The maximum absolute atomic E-state index is 11.9. The first-order valence-electron chi connectivity index (χ1n) is 11.0. The van der Waals surface area contributed by atoms with Gasteiger partial charge in [0.05, 0.1) is 21.2 Å². The highest BCUT2D eigenvalue weighted by Crippen LogP contribution is 2.37. The van der Waals surface area contributed by atoms with Gasteiger partial charge >= 0.3 is 0 Å². The van der Waals surface area contributed by atoms with Crippen molar-refractivity contribution in [2.75, 3.05) is 23.3 Å². The van der Waals surface area contributed by atoms with Gasteiger partial charge in [0, 0.05) is 42.5 Å². The molecule has 2 aromatic carbocycles. The van der Waals surface area contributed by atoms with E-state index >= 15 is 0 Å². The number of rotatable bonds is 7. The number of fused-ring (bicyclic) bond motifs is 1. The Kier molecular flexibility index (Phi) is 6.30. The Hall–Kier alpha value is -4.02. The first-order valence-corrected chi connectivity index (χ1v) is 11.4. The number of nitrogens with two attached hydrogens (primary N) is 1. The van der Waals surface area contributed by atoms with Crippen LogP contribution in [0.2, 0.25) is 5.02 Å². The molecule has 0 aliphatic carbocycles. The van der Waals surface area contributed by atoms with Gasteiger partial charge in [-0.1, -0.05) is 17.7 Å². The van der Waals surface area contributed by atoms with Gasteiger partial charge in [0.2, 0.25) is 0 Å². The standard InChI is InChI=1S/C24H22ClN7O3/c25-19-9-16(4-5-23(19)35-13-17-3-1-2-7-27-17)30-24-18-10-22(32(33)34)21(11-20(18)28-14-29-24)31-8-6-15(26)12-31/h1-5,7,9-11,14-15H,6,8,12-13,26H2,(H,28,29,30)/t15-/m0/s1. The van der Waals surface area contributed by atoms with Crippen molar-refractivity contribution in [2.45, 2.75) is 19.1 Å². The lowest BCUT2D eigenvalue weighted by atomic mass is 10.1. The maximum Gasteiger partial charge on any atom is 0.293 e. The zero-order chi connectivity index (χ0) is 24.4. The summed E-state index contributed by atoms with van der Waals surface area (Å²) in [4.78, 5) is 26.3. The van der Waals surface area contributed by atoms with Crippen molar-refractivity contribution in [3.05, 3.63) is 81.9 Å². The molecule has 178 valence electrons. The number of nitro benzene ring substituents is 1.